The highest BCUT2D eigenvalue weighted by molar-refractivity contribution is 14.0. The molecule has 4 nitrogen and oxygen atoms in total. The summed E-state index contributed by atoms with van der Waals surface area (Å²) in [4.78, 5) is 4.34. The van der Waals surface area contributed by atoms with Crippen molar-refractivity contribution in [2.75, 3.05) is 20.2 Å². The number of aliphatic imine (C=N–C) groups is 1. The number of hydrogen-bond acceptors (Lipinski definition) is 2. The molecule has 1 atom stereocenters. The molecule has 0 spiro atoms. The molecule has 0 bridgehead atoms. The summed E-state index contributed by atoms with van der Waals surface area (Å²) in [6.45, 7) is 1.38. The van der Waals surface area contributed by atoms with Gasteiger partial charge in [0, 0.05) is 24.2 Å². The summed E-state index contributed by atoms with van der Waals surface area (Å²) in [5.41, 5.74) is 6.81. The number of nitrogens with one attached hydrogen (secondary N) is 1. The Morgan fingerprint density at radius 3 is 2.76 bits per heavy atom. The van der Waals surface area contributed by atoms with Gasteiger partial charge in [0.05, 0.1) is 6.54 Å². The van der Waals surface area contributed by atoms with Crippen molar-refractivity contribution in [2.24, 2.45) is 16.6 Å². The first-order valence-electron chi connectivity index (χ1n) is 7.01. The Labute approximate surface area is 148 Å². The molecule has 6 heteroatoms. The van der Waals surface area contributed by atoms with Gasteiger partial charge in [-0.2, -0.15) is 0 Å². The van der Waals surface area contributed by atoms with Crippen molar-refractivity contribution >= 4 is 41.5 Å². The highest BCUT2D eigenvalue weighted by Gasteiger charge is 2.17. The minimum absolute atomic E-state index is 0. The molecule has 0 aromatic heterocycles. The van der Waals surface area contributed by atoms with Crippen LogP contribution in [0.5, 0.6) is 0 Å². The lowest BCUT2D eigenvalue weighted by Crippen LogP contribution is -2.37. The van der Waals surface area contributed by atoms with E-state index in [1.54, 1.807) is 7.11 Å². The Kier molecular flexibility index (Phi) is 8.36. The smallest absolute Gasteiger partial charge is 0.188 e. The van der Waals surface area contributed by atoms with Gasteiger partial charge in [-0.3, -0.25) is 4.99 Å². The van der Waals surface area contributed by atoms with Crippen LogP contribution in [0, 0.1) is 5.92 Å². The maximum Gasteiger partial charge on any atom is 0.188 e. The van der Waals surface area contributed by atoms with Gasteiger partial charge in [-0.25, -0.2) is 0 Å². The molecule has 1 aliphatic rings. The van der Waals surface area contributed by atoms with Crippen LogP contribution in [0.1, 0.15) is 30.9 Å². The minimum Gasteiger partial charge on any atom is -0.375 e. The molecule has 0 aliphatic heterocycles. The number of hydrogen-bond donors (Lipinski definition) is 2. The highest BCUT2D eigenvalue weighted by atomic mass is 127. The molecule has 2 rings (SSSR count). The maximum absolute atomic E-state index is 6.17. The second-order valence-electron chi connectivity index (χ2n) is 5.15. The molecule has 118 valence electrons. The van der Waals surface area contributed by atoms with Crippen molar-refractivity contribution in [3.63, 3.8) is 0 Å². The van der Waals surface area contributed by atoms with E-state index in [0.29, 0.717) is 17.5 Å². The first-order valence-corrected chi connectivity index (χ1v) is 7.39. The first kappa shape index (κ1) is 18.5. The van der Waals surface area contributed by atoms with Crippen LogP contribution in [-0.4, -0.2) is 26.2 Å². The average molecular weight is 424 g/mol. The molecule has 1 aliphatic carbocycles. The second-order valence-corrected chi connectivity index (χ2v) is 5.56. The standard InChI is InChI=1S/C15H22ClN3O.HI/c1-20-14(12-7-2-3-8-13(12)16)10-19-15(17)18-9-11-5-4-6-11;/h2-3,7-8,11,14H,4-6,9-10H2,1H3,(H3,17,18,19);1H. The van der Waals surface area contributed by atoms with Crippen LogP contribution in [0.2, 0.25) is 5.02 Å². The third-order valence-electron chi connectivity index (χ3n) is 3.76. The number of halogens is 2. The summed E-state index contributed by atoms with van der Waals surface area (Å²) in [6.07, 6.45) is 3.75. The van der Waals surface area contributed by atoms with E-state index in [2.05, 4.69) is 10.3 Å². The predicted molar refractivity (Wildman–Crippen MR) is 98.5 cm³/mol. The number of ether oxygens (including phenoxy) is 1. The summed E-state index contributed by atoms with van der Waals surface area (Å²) < 4.78 is 5.45. The number of nitrogens with two attached hydrogens (primary N) is 1. The Bertz CT molecular complexity index is 466. The fourth-order valence-electron chi connectivity index (χ4n) is 2.22. The number of guanidine groups is 1. The molecule has 1 saturated carbocycles. The maximum atomic E-state index is 6.17. The normalized spacial score (nSPS) is 16.8. The number of methoxy groups -OCH3 is 1. The molecule has 0 heterocycles. The van der Waals surface area contributed by atoms with Crippen LogP contribution in [-0.2, 0) is 4.74 Å². The average Bonchev–Trinajstić information content (AvgIpc) is 2.39. The van der Waals surface area contributed by atoms with Gasteiger partial charge in [0.15, 0.2) is 5.96 Å². The molecule has 3 N–H and O–H groups in total. The van der Waals surface area contributed by atoms with Gasteiger partial charge in [-0.05, 0) is 24.8 Å². The fraction of sp³-hybridized carbons (Fsp3) is 0.533. The van der Waals surface area contributed by atoms with E-state index >= 15 is 0 Å². The van der Waals surface area contributed by atoms with Crippen molar-refractivity contribution in [3.05, 3.63) is 34.9 Å². The van der Waals surface area contributed by atoms with Gasteiger partial charge in [-0.1, -0.05) is 36.2 Å². The number of nitrogens with zero attached hydrogens (tertiary/aromatic N) is 1. The zero-order chi connectivity index (χ0) is 14.4. The Hall–Kier alpha value is -0.530. The number of rotatable bonds is 6. The lowest BCUT2D eigenvalue weighted by Gasteiger charge is -2.25. The van der Waals surface area contributed by atoms with Crippen LogP contribution in [0.25, 0.3) is 0 Å². The largest absolute Gasteiger partial charge is 0.375 e. The van der Waals surface area contributed by atoms with Gasteiger partial charge in [0.1, 0.15) is 6.10 Å². The molecular weight excluding hydrogens is 401 g/mol. The van der Waals surface area contributed by atoms with Gasteiger partial charge < -0.3 is 15.8 Å². The van der Waals surface area contributed by atoms with Gasteiger partial charge in [0.25, 0.3) is 0 Å². The second kappa shape index (κ2) is 9.48. The molecule has 21 heavy (non-hydrogen) atoms. The Morgan fingerprint density at radius 1 is 1.48 bits per heavy atom. The van der Waals surface area contributed by atoms with E-state index in [1.807, 2.05) is 24.3 Å². The summed E-state index contributed by atoms with van der Waals surface area (Å²) in [5, 5.41) is 3.86. The molecule has 1 aromatic carbocycles. The van der Waals surface area contributed by atoms with Crippen molar-refractivity contribution in [3.8, 4) is 0 Å². The summed E-state index contributed by atoms with van der Waals surface area (Å²) in [7, 11) is 1.65. The molecule has 0 amide bonds. The zero-order valence-corrected chi connectivity index (χ0v) is 15.3. The van der Waals surface area contributed by atoms with Gasteiger partial charge in [-0.15, -0.1) is 24.0 Å². The van der Waals surface area contributed by atoms with Crippen molar-refractivity contribution in [1.82, 2.24) is 5.32 Å². The first-order chi connectivity index (χ1) is 9.70. The van der Waals surface area contributed by atoms with E-state index in [1.165, 1.54) is 19.3 Å². The van der Waals surface area contributed by atoms with Crippen LogP contribution < -0.4 is 11.1 Å². The van der Waals surface area contributed by atoms with Crippen LogP contribution in [0.3, 0.4) is 0 Å². The molecule has 1 aromatic rings. The summed E-state index contributed by atoms with van der Waals surface area (Å²) in [5.74, 6) is 1.23. The third-order valence-corrected chi connectivity index (χ3v) is 4.10. The third kappa shape index (κ3) is 5.64. The molecule has 1 fully saturated rings. The monoisotopic (exact) mass is 423 g/mol. The lowest BCUT2D eigenvalue weighted by molar-refractivity contribution is 0.111. The topological polar surface area (TPSA) is 59.6 Å². The van der Waals surface area contributed by atoms with Crippen molar-refractivity contribution in [1.29, 1.82) is 0 Å². The quantitative estimate of drug-likeness (QED) is 0.419. The fourth-order valence-corrected chi connectivity index (χ4v) is 2.48. The van der Waals surface area contributed by atoms with E-state index in [4.69, 9.17) is 22.1 Å². The zero-order valence-electron chi connectivity index (χ0n) is 12.2. The highest BCUT2D eigenvalue weighted by Crippen LogP contribution is 2.26. The molecule has 0 radical (unpaired) electrons. The lowest BCUT2D eigenvalue weighted by atomic mass is 9.85. The molecule has 1 unspecified atom stereocenters. The predicted octanol–water partition coefficient (Wildman–Crippen LogP) is 3.35. The van der Waals surface area contributed by atoms with Gasteiger partial charge >= 0.3 is 0 Å². The Balaban J connectivity index is 0.00000220. The van der Waals surface area contributed by atoms with E-state index in [0.717, 1.165) is 18.0 Å². The minimum atomic E-state index is -0.173. The summed E-state index contributed by atoms with van der Waals surface area (Å²) >= 11 is 6.17. The van der Waals surface area contributed by atoms with Gasteiger partial charge in [0.2, 0.25) is 0 Å². The van der Waals surface area contributed by atoms with Crippen LogP contribution >= 0.6 is 35.6 Å². The molecular formula is C15H23ClIN3O. The van der Waals surface area contributed by atoms with Crippen molar-refractivity contribution < 1.29 is 4.74 Å². The summed E-state index contributed by atoms with van der Waals surface area (Å²) in [6, 6.07) is 7.64. The van der Waals surface area contributed by atoms with E-state index < -0.39 is 0 Å². The van der Waals surface area contributed by atoms with E-state index in [-0.39, 0.29) is 30.1 Å². The van der Waals surface area contributed by atoms with Crippen LogP contribution in [0.15, 0.2) is 29.3 Å². The number of benzene rings is 1. The Morgan fingerprint density at radius 2 is 2.19 bits per heavy atom. The van der Waals surface area contributed by atoms with Crippen molar-refractivity contribution in [2.45, 2.75) is 25.4 Å². The SMILES string of the molecule is COC(CN=C(N)NCC1CCC1)c1ccccc1Cl.I. The van der Waals surface area contributed by atoms with Crippen LogP contribution in [0.4, 0.5) is 0 Å². The van der Waals surface area contributed by atoms with E-state index in [9.17, 15) is 0 Å². The molecule has 0 saturated heterocycles.